The number of amides is 1. The smallest absolute Gasteiger partial charge is 0.266 e. The molecule has 1 aromatic rings. The number of alkyl halides is 1. The van der Waals surface area contributed by atoms with Crippen LogP contribution >= 0.6 is 34.5 Å². The number of hydrogen-bond donors (Lipinski definition) is 1. The van der Waals surface area contributed by atoms with Gasteiger partial charge in [0.2, 0.25) is 5.91 Å². The molecule has 6 nitrogen and oxygen atoms in total. The van der Waals surface area contributed by atoms with Crippen LogP contribution in [0.1, 0.15) is 11.8 Å². The molecule has 1 atom stereocenters. The molecular formula is C10H9Cl2N3O3S. The minimum atomic E-state index is -0.754. The normalized spacial score (nSPS) is 12.1. The summed E-state index contributed by atoms with van der Waals surface area (Å²) in [4.78, 5) is 30.6. The maximum Gasteiger partial charge on any atom is 0.266 e. The van der Waals surface area contributed by atoms with Crippen molar-refractivity contribution in [3.05, 3.63) is 23.7 Å². The number of aromatic nitrogens is 1. The zero-order valence-corrected chi connectivity index (χ0v) is 11.8. The molecular weight excluding hydrogens is 313 g/mol. The Morgan fingerprint density at radius 3 is 3.00 bits per heavy atom. The first-order valence-electron chi connectivity index (χ1n) is 4.89. The Hall–Kier alpha value is -1.44. The number of halogens is 2. The number of carbonyl (C=O) groups is 2. The first-order valence-corrected chi connectivity index (χ1v) is 6.68. The zero-order chi connectivity index (χ0) is 14.3. The van der Waals surface area contributed by atoms with Gasteiger partial charge in [-0.2, -0.15) is 0 Å². The van der Waals surface area contributed by atoms with Crippen molar-refractivity contribution >= 4 is 57.0 Å². The van der Waals surface area contributed by atoms with Crippen LogP contribution in [0.3, 0.4) is 0 Å². The molecule has 9 heteroatoms. The zero-order valence-electron chi connectivity index (χ0n) is 9.51. The van der Waals surface area contributed by atoms with Gasteiger partial charge >= 0.3 is 0 Å². The first kappa shape index (κ1) is 15.6. The van der Waals surface area contributed by atoms with Crippen LogP contribution in [-0.2, 0) is 14.4 Å². The van der Waals surface area contributed by atoms with Gasteiger partial charge in [-0.05, 0) is 17.7 Å². The maximum atomic E-state index is 11.1. The highest BCUT2D eigenvalue weighted by molar-refractivity contribution is 7.14. The predicted molar refractivity (Wildman–Crippen MR) is 74.8 cm³/mol. The third-order valence-electron chi connectivity index (χ3n) is 1.72. The molecule has 102 valence electrons. The van der Waals surface area contributed by atoms with Crippen LogP contribution in [0.4, 0.5) is 5.13 Å². The van der Waals surface area contributed by atoms with Crippen LogP contribution in [0.15, 0.2) is 23.2 Å². The van der Waals surface area contributed by atoms with Crippen molar-refractivity contribution in [2.45, 2.75) is 6.10 Å². The summed E-state index contributed by atoms with van der Waals surface area (Å²) < 4.78 is 0. The SMILES string of the molecule is C=CC(O/N=C\C(=O)Cl)c1csc(NC(=O)CCl)n1. The lowest BCUT2D eigenvalue weighted by Gasteiger charge is -2.06. The first-order chi connectivity index (χ1) is 9.06. The summed E-state index contributed by atoms with van der Waals surface area (Å²) in [6.07, 6.45) is 1.61. The lowest BCUT2D eigenvalue weighted by atomic mass is 10.3. The van der Waals surface area contributed by atoms with Gasteiger partial charge in [0.1, 0.15) is 17.8 Å². The molecule has 0 saturated heterocycles. The standard InChI is InChI=1S/C10H9Cl2N3O3S/c1-2-7(18-13-4-8(12)16)6-5-19-10(14-6)15-9(17)3-11/h2,4-5,7H,1,3H2,(H,14,15,17)/b13-4-. The molecule has 1 aromatic heterocycles. The molecule has 1 amide bonds. The van der Waals surface area contributed by atoms with E-state index >= 15 is 0 Å². The highest BCUT2D eigenvalue weighted by Crippen LogP contribution is 2.24. The molecule has 1 N–H and O–H groups in total. The summed E-state index contributed by atoms with van der Waals surface area (Å²) in [6, 6.07) is 0. The van der Waals surface area contributed by atoms with Gasteiger partial charge in [-0.15, -0.1) is 22.9 Å². The lowest BCUT2D eigenvalue weighted by molar-refractivity contribution is -0.114. The van der Waals surface area contributed by atoms with E-state index in [9.17, 15) is 9.59 Å². The Kier molecular flexibility index (Phi) is 6.48. The highest BCUT2D eigenvalue weighted by atomic mass is 35.5. The fourth-order valence-corrected chi connectivity index (χ4v) is 1.84. The van der Waals surface area contributed by atoms with E-state index in [1.807, 2.05) is 0 Å². The van der Waals surface area contributed by atoms with Gasteiger partial charge in [-0.3, -0.25) is 9.59 Å². The lowest BCUT2D eigenvalue weighted by Crippen LogP contribution is -2.12. The van der Waals surface area contributed by atoms with E-state index in [4.69, 9.17) is 28.0 Å². The Labute approximate surface area is 123 Å². The Balaban J connectivity index is 2.69. The van der Waals surface area contributed by atoms with Crippen LogP contribution in [-0.4, -0.2) is 28.2 Å². The monoisotopic (exact) mass is 321 g/mol. The van der Waals surface area contributed by atoms with Crippen molar-refractivity contribution in [3.8, 4) is 0 Å². The Morgan fingerprint density at radius 2 is 2.42 bits per heavy atom. The quantitative estimate of drug-likeness (QED) is 0.275. The Morgan fingerprint density at radius 1 is 1.68 bits per heavy atom. The maximum absolute atomic E-state index is 11.1. The van der Waals surface area contributed by atoms with Crippen LogP contribution < -0.4 is 5.32 Å². The van der Waals surface area contributed by atoms with Crippen LogP contribution in [0, 0.1) is 0 Å². The summed E-state index contributed by atoms with van der Waals surface area (Å²) in [6.45, 7) is 3.56. The molecule has 0 saturated carbocycles. The van der Waals surface area contributed by atoms with Crippen molar-refractivity contribution < 1.29 is 14.4 Å². The van der Waals surface area contributed by atoms with E-state index in [0.717, 1.165) is 6.21 Å². The average Bonchev–Trinajstić information content (AvgIpc) is 2.82. The second-order valence-corrected chi connectivity index (χ2v) is 4.56. The average molecular weight is 322 g/mol. The number of nitrogens with one attached hydrogen (secondary N) is 1. The fraction of sp³-hybridized carbons (Fsp3) is 0.200. The number of thiazole rings is 1. The summed E-state index contributed by atoms with van der Waals surface area (Å²) in [5, 5.41) is 7.17. The third-order valence-corrected chi connectivity index (χ3v) is 2.84. The molecule has 0 aliphatic carbocycles. The van der Waals surface area contributed by atoms with Gasteiger partial charge in [0.05, 0.1) is 0 Å². The molecule has 0 spiro atoms. The van der Waals surface area contributed by atoms with Crippen molar-refractivity contribution in [1.82, 2.24) is 4.98 Å². The van der Waals surface area contributed by atoms with E-state index in [1.165, 1.54) is 17.4 Å². The number of oxime groups is 1. The van der Waals surface area contributed by atoms with Crippen LogP contribution in [0.5, 0.6) is 0 Å². The molecule has 0 radical (unpaired) electrons. The fourth-order valence-electron chi connectivity index (χ4n) is 0.982. The van der Waals surface area contributed by atoms with Gasteiger partial charge in [0.25, 0.3) is 5.24 Å². The molecule has 1 heterocycles. The van der Waals surface area contributed by atoms with Gasteiger partial charge < -0.3 is 10.2 Å². The molecule has 1 rings (SSSR count). The van der Waals surface area contributed by atoms with E-state index in [-0.39, 0.29) is 11.8 Å². The van der Waals surface area contributed by atoms with Crippen LogP contribution in [0.2, 0.25) is 0 Å². The van der Waals surface area contributed by atoms with Crippen LogP contribution in [0.25, 0.3) is 0 Å². The van der Waals surface area contributed by atoms with Gasteiger partial charge in [0, 0.05) is 5.38 Å². The number of hydrogen-bond acceptors (Lipinski definition) is 6. The second-order valence-electron chi connectivity index (χ2n) is 3.06. The van der Waals surface area contributed by atoms with Crippen molar-refractivity contribution in [3.63, 3.8) is 0 Å². The van der Waals surface area contributed by atoms with E-state index < -0.39 is 11.3 Å². The second kappa shape index (κ2) is 7.88. The largest absolute Gasteiger partial charge is 0.382 e. The number of carbonyl (C=O) groups excluding carboxylic acids is 2. The topological polar surface area (TPSA) is 80.6 Å². The molecule has 1 unspecified atom stereocenters. The number of anilines is 1. The summed E-state index contributed by atoms with van der Waals surface area (Å²) in [7, 11) is 0. The van der Waals surface area contributed by atoms with E-state index in [0.29, 0.717) is 10.8 Å². The third kappa shape index (κ3) is 5.37. The van der Waals surface area contributed by atoms with Gasteiger partial charge in [-0.25, -0.2) is 4.98 Å². The van der Waals surface area contributed by atoms with Crippen molar-refractivity contribution in [2.24, 2.45) is 5.16 Å². The molecule has 19 heavy (non-hydrogen) atoms. The minimum Gasteiger partial charge on any atom is -0.382 e. The predicted octanol–water partition coefficient (Wildman–Crippen LogP) is 2.32. The van der Waals surface area contributed by atoms with Gasteiger partial charge in [0.15, 0.2) is 11.2 Å². The highest BCUT2D eigenvalue weighted by Gasteiger charge is 2.14. The summed E-state index contributed by atoms with van der Waals surface area (Å²) in [5.41, 5.74) is 0.490. The van der Waals surface area contributed by atoms with Crippen molar-refractivity contribution in [1.29, 1.82) is 0 Å². The summed E-state index contributed by atoms with van der Waals surface area (Å²) in [5.74, 6) is -0.511. The number of nitrogens with zero attached hydrogens (tertiary/aromatic N) is 2. The number of rotatable bonds is 7. The molecule has 0 aromatic carbocycles. The van der Waals surface area contributed by atoms with Crippen molar-refractivity contribution in [2.75, 3.05) is 11.2 Å². The van der Waals surface area contributed by atoms with E-state index in [1.54, 1.807) is 5.38 Å². The molecule has 0 aliphatic rings. The van der Waals surface area contributed by atoms with Gasteiger partial charge in [-0.1, -0.05) is 11.7 Å². The van der Waals surface area contributed by atoms with E-state index in [2.05, 4.69) is 22.0 Å². The minimum absolute atomic E-state index is 0.154. The molecule has 0 fully saturated rings. The molecule has 0 aliphatic heterocycles. The molecule has 0 bridgehead atoms. The Bertz CT molecular complexity index is 504. The summed E-state index contributed by atoms with van der Waals surface area (Å²) >= 11 is 11.6.